The number of aromatic nitrogens is 2. The van der Waals surface area contributed by atoms with E-state index in [0.717, 1.165) is 38.1 Å². The van der Waals surface area contributed by atoms with Crippen LogP contribution >= 0.6 is 0 Å². The first-order valence-corrected chi connectivity index (χ1v) is 7.83. The number of esters is 1. The number of carbonyl (C=O) groups is 1. The molecule has 1 N–H and O–H groups in total. The fourth-order valence-corrected chi connectivity index (χ4v) is 2.75. The summed E-state index contributed by atoms with van der Waals surface area (Å²) in [4.78, 5) is 16.5. The summed E-state index contributed by atoms with van der Waals surface area (Å²) < 4.78 is 7.15. The molecule has 5 heteroatoms. The highest BCUT2D eigenvalue weighted by Crippen LogP contribution is 2.26. The van der Waals surface area contributed by atoms with Gasteiger partial charge >= 0.3 is 5.97 Å². The van der Waals surface area contributed by atoms with E-state index in [1.54, 1.807) is 0 Å². The Morgan fingerprint density at radius 3 is 2.86 bits per heavy atom. The largest absolute Gasteiger partial charge is 0.468 e. The van der Waals surface area contributed by atoms with Crippen molar-refractivity contribution in [1.29, 1.82) is 0 Å². The highest BCUT2D eigenvalue weighted by molar-refractivity contribution is 5.80. The van der Waals surface area contributed by atoms with Gasteiger partial charge in [-0.15, -0.1) is 0 Å². The molecule has 1 saturated carbocycles. The van der Waals surface area contributed by atoms with Gasteiger partial charge in [0.1, 0.15) is 11.4 Å². The van der Waals surface area contributed by atoms with Gasteiger partial charge in [0.05, 0.1) is 7.11 Å². The number of imidazole rings is 1. The van der Waals surface area contributed by atoms with Crippen LogP contribution in [0.4, 0.5) is 0 Å². The Labute approximate surface area is 127 Å². The summed E-state index contributed by atoms with van der Waals surface area (Å²) in [6, 6.07) is 0.480. The van der Waals surface area contributed by atoms with E-state index in [9.17, 15) is 4.79 Å². The molecule has 1 aliphatic rings. The quantitative estimate of drug-likeness (QED) is 0.748. The topological polar surface area (TPSA) is 56.2 Å². The first kappa shape index (κ1) is 16.0. The Hall–Kier alpha value is -1.36. The van der Waals surface area contributed by atoms with E-state index in [1.165, 1.54) is 7.11 Å². The molecule has 0 bridgehead atoms. The highest BCUT2D eigenvalue weighted by atomic mass is 16.5. The van der Waals surface area contributed by atoms with Crippen LogP contribution in [0.2, 0.25) is 0 Å². The predicted octanol–water partition coefficient (Wildman–Crippen LogP) is 2.47. The minimum Gasteiger partial charge on any atom is -0.468 e. The molecular weight excluding hydrogens is 266 g/mol. The minimum absolute atomic E-state index is 0.163. The van der Waals surface area contributed by atoms with Gasteiger partial charge in [0.2, 0.25) is 0 Å². The molecule has 1 aromatic heterocycles. The van der Waals surface area contributed by atoms with Crippen LogP contribution < -0.4 is 5.32 Å². The lowest BCUT2D eigenvalue weighted by Crippen LogP contribution is -2.51. The van der Waals surface area contributed by atoms with Crippen molar-refractivity contribution >= 4 is 5.97 Å². The van der Waals surface area contributed by atoms with E-state index in [0.29, 0.717) is 12.0 Å². The number of methoxy groups -OCH3 is 1. The second-order valence-electron chi connectivity index (χ2n) is 6.48. The van der Waals surface area contributed by atoms with Crippen molar-refractivity contribution in [3.05, 3.63) is 18.2 Å². The van der Waals surface area contributed by atoms with Crippen molar-refractivity contribution < 1.29 is 9.53 Å². The average molecular weight is 293 g/mol. The van der Waals surface area contributed by atoms with Gasteiger partial charge in [-0.1, -0.05) is 13.8 Å². The molecule has 2 rings (SSSR count). The number of hydrogen-bond acceptors (Lipinski definition) is 4. The number of carbonyl (C=O) groups excluding carboxylic acids is 1. The van der Waals surface area contributed by atoms with Crippen molar-refractivity contribution in [2.75, 3.05) is 7.11 Å². The van der Waals surface area contributed by atoms with Crippen molar-refractivity contribution in [2.24, 2.45) is 0 Å². The number of rotatable bonds is 8. The molecule has 1 aromatic rings. The van der Waals surface area contributed by atoms with Gasteiger partial charge in [-0.3, -0.25) is 10.1 Å². The molecule has 1 fully saturated rings. The predicted molar refractivity (Wildman–Crippen MR) is 82.1 cm³/mol. The molecule has 0 aromatic carbocycles. The molecule has 0 radical (unpaired) electrons. The molecule has 21 heavy (non-hydrogen) atoms. The summed E-state index contributed by atoms with van der Waals surface area (Å²) in [5, 5.41) is 3.44. The van der Waals surface area contributed by atoms with Gasteiger partial charge < -0.3 is 9.30 Å². The zero-order chi connectivity index (χ0) is 15.5. The summed E-state index contributed by atoms with van der Waals surface area (Å²) in [6.45, 7) is 7.12. The number of hydrogen-bond donors (Lipinski definition) is 1. The third kappa shape index (κ3) is 4.06. The Balaban J connectivity index is 1.92. The lowest BCUT2D eigenvalue weighted by Gasteiger charge is -2.28. The van der Waals surface area contributed by atoms with Crippen LogP contribution in [0, 0.1) is 0 Å². The Bertz CT molecular complexity index is 480. The summed E-state index contributed by atoms with van der Waals surface area (Å²) >= 11 is 0. The zero-order valence-corrected chi connectivity index (χ0v) is 13.6. The first-order chi connectivity index (χ1) is 9.96. The fourth-order valence-electron chi connectivity index (χ4n) is 2.75. The second kappa shape index (κ2) is 6.60. The standard InChI is InChI=1S/C16H27N3O2/c1-12(2)14-17-9-11-19(14)10-5-8-16(3,15(20)21-4)18-13-6-7-13/h9,11-13,18H,5-8,10H2,1-4H3. The maximum absolute atomic E-state index is 12.1. The Morgan fingerprint density at radius 2 is 2.29 bits per heavy atom. The summed E-state index contributed by atoms with van der Waals surface area (Å²) in [6.07, 6.45) is 7.86. The van der Waals surface area contributed by atoms with Gasteiger partial charge in [-0.05, 0) is 32.6 Å². The molecule has 0 saturated heterocycles. The molecular formula is C16H27N3O2. The van der Waals surface area contributed by atoms with Crippen molar-refractivity contribution in [3.63, 3.8) is 0 Å². The van der Waals surface area contributed by atoms with Crippen LogP contribution in [0.1, 0.15) is 58.2 Å². The maximum atomic E-state index is 12.1. The summed E-state index contributed by atoms with van der Waals surface area (Å²) in [5.41, 5.74) is -0.575. The van der Waals surface area contributed by atoms with Gasteiger partial charge in [0.15, 0.2) is 0 Å². The molecule has 1 atom stereocenters. The Kier molecular flexibility index (Phi) is 5.04. The molecule has 118 valence electrons. The molecule has 0 amide bonds. The van der Waals surface area contributed by atoms with Crippen LogP contribution in [0.5, 0.6) is 0 Å². The highest BCUT2D eigenvalue weighted by Gasteiger charge is 2.38. The third-order valence-corrected chi connectivity index (χ3v) is 4.08. The zero-order valence-electron chi connectivity index (χ0n) is 13.6. The van der Waals surface area contributed by atoms with E-state index in [-0.39, 0.29) is 5.97 Å². The van der Waals surface area contributed by atoms with Crippen molar-refractivity contribution in [3.8, 4) is 0 Å². The van der Waals surface area contributed by atoms with Crippen LogP contribution in [-0.2, 0) is 16.1 Å². The second-order valence-corrected chi connectivity index (χ2v) is 6.48. The van der Waals surface area contributed by atoms with Crippen LogP contribution in [-0.4, -0.2) is 34.2 Å². The minimum atomic E-state index is -0.575. The SMILES string of the molecule is COC(=O)C(C)(CCCn1ccnc1C(C)C)NC1CC1. The van der Waals surface area contributed by atoms with Crippen molar-refractivity contribution in [2.45, 2.75) is 70.5 Å². The normalized spacial score (nSPS) is 17.8. The summed E-state index contributed by atoms with van der Waals surface area (Å²) in [7, 11) is 1.46. The molecule has 5 nitrogen and oxygen atoms in total. The molecule has 1 heterocycles. The molecule has 1 unspecified atom stereocenters. The third-order valence-electron chi connectivity index (χ3n) is 4.08. The number of aryl methyl sites for hydroxylation is 1. The molecule has 1 aliphatic carbocycles. The first-order valence-electron chi connectivity index (χ1n) is 7.83. The van der Waals surface area contributed by atoms with Gasteiger partial charge in [-0.2, -0.15) is 0 Å². The van der Waals surface area contributed by atoms with E-state index < -0.39 is 5.54 Å². The monoisotopic (exact) mass is 293 g/mol. The fraction of sp³-hybridized carbons (Fsp3) is 0.750. The number of ether oxygens (including phenoxy) is 1. The number of nitrogens with one attached hydrogen (secondary N) is 1. The number of nitrogens with zero attached hydrogens (tertiary/aromatic N) is 2. The lowest BCUT2D eigenvalue weighted by molar-refractivity contribution is -0.148. The Morgan fingerprint density at radius 1 is 1.57 bits per heavy atom. The maximum Gasteiger partial charge on any atom is 0.325 e. The summed E-state index contributed by atoms with van der Waals surface area (Å²) in [5.74, 6) is 1.35. The van der Waals surface area contributed by atoms with Gasteiger partial charge in [-0.25, -0.2) is 4.98 Å². The van der Waals surface area contributed by atoms with Crippen LogP contribution in [0.25, 0.3) is 0 Å². The van der Waals surface area contributed by atoms with Crippen molar-refractivity contribution in [1.82, 2.24) is 14.9 Å². The smallest absolute Gasteiger partial charge is 0.325 e. The molecule has 0 aliphatic heterocycles. The van der Waals surface area contributed by atoms with E-state index in [4.69, 9.17) is 4.74 Å². The molecule has 0 spiro atoms. The van der Waals surface area contributed by atoms with E-state index in [2.05, 4.69) is 28.7 Å². The average Bonchev–Trinajstić information content (AvgIpc) is 3.12. The van der Waals surface area contributed by atoms with Gasteiger partial charge in [0, 0.05) is 30.9 Å². The van der Waals surface area contributed by atoms with Crippen LogP contribution in [0.3, 0.4) is 0 Å². The van der Waals surface area contributed by atoms with E-state index in [1.807, 2.05) is 19.3 Å². The lowest BCUT2D eigenvalue weighted by atomic mass is 9.95. The van der Waals surface area contributed by atoms with Crippen LogP contribution in [0.15, 0.2) is 12.4 Å². The van der Waals surface area contributed by atoms with E-state index >= 15 is 0 Å². The van der Waals surface area contributed by atoms with Gasteiger partial charge in [0.25, 0.3) is 0 Å².